The van der Waals surface area contributed by atoms with Crippen molar-refractivity contribution in [3.63, 3.8) is 0 Å². The number of amides is 1. The van der Waals surface area contributed by atoms with Gasteiger partial charge in [-0.15, -0.1) is 0 Å². The molecule has 2 rings (SSSR count). The van der Waals surface area contributed by atoms with E-state index < -0.39 is 9.84 Å². The number of nitrogens with one attached hydrogen (secondary N) is 1. The Morgan fingerprint density at radius 2 is 2.10 bits per heavy atom. The molecule has 21 heavy (non-hydrogen) atoms. The Kier molecular flexibility index (Phi) is 5.00. The van der Waals surface area contributed by atoms with Crippen LogP contribution in [0.1, 0.15) is 17.5 Å². The summed E-state index contributed by atoms with van der Waals surface area (Å²) in [7, 11) is -1.07. The Labute approximate surface area is 126 Å². The molecule has 1 amide bonds. The number of hydrogen-bond donors (Lipinski definition) is 1. The maximum absolute atomic E-state index is 11.9. The first-order valence-electron chi connectivity index (χ1n) is 7.08. The lowest BCUT2D eigenvalue weighted by Crippen LogP contribution is -2.41. The lowest BCUT2D eigenvalue weighted by atomic mass is 10.1. The van der Waals surface area contributed by atoms with E-state index in [1.807, 2.05) is 43.1 Å². The van der Waals surface area contributed by atoms with Crippen molar-refractivity contribution in [1.29, 1.82) is 0 Å². The van der Waals surface area contributed by atoms with Gasteiger partial charge >= 0.3 is 0 Å². The van der Waals surface area contributed by atoms with E-state index in [0.29, 0.717) is 13.0 Å². The lowest BCUT2D eigenvalue weighted by molar-refractivity contribution is -0.122. The number of hydrogen-bond acceptors (Lipinski definition) is 4. The molecule has 0 aliphatic carbocycles. The van der Waals surface area contributed by atoms with Gasteiger partial charge in [-0.05, 0) is 31.5 Å². The summed E-state index contributed by atoms with van der Waals surface area (Å²) in [4.78, 5) is 13.9. The van der Waals surface area contributed by atoms with Gasteiger partial charge in [0.05, 0.1) is 18.1 Å². The van der Waals surface area contributed by atoms with Crippen LogP contribution in [-0.4, -0.2) is 50.4 Å². The van der Waals surface area contributed by atoms with Gasteiger partial charge in [0.1, 0.15) is 0 Å². The molecule has 0 bridgehead atoms. The van der Waals surface area contributed by atoms with Crippen LogP contribution >= 0.6 is 0 Å². The van der Waals surface area contributed by atoms with E-state index >= 15 is 0 Å². The van der Waals surface area contributed by atoms with Crippen LogP contribution in [-0.2, 0) is 21.2 Å². The first-order chi connectivity index (χ1) is 9.85. The van der Waals surface area contributed by atoms with E-state index in [-0.39, 0.29) is 30.0 Å². The summed E-state index contributed by atoms with van der Waals surface area (Å²) in [6.45, 7) is 3.01. The molecule has 1 aliphatic rings. The first kappa shape index (κ1) is 16.0. The van der Waals surface area contributed by atoms with Crippen LogP contribution in [0, 0.1) is 6.92 Å². The van der Waals surface area contributed by atoms with Crippen LogP contribution < -0.4 is 5.32 Å². The van der Waals surface area contributed by atoms with E-state index in [0.717, 1.165) is 0 Å². The third-order valence-corrected chi connectivity index (χ3v) is 5.48. The number of carbonyl (C=O) groups excluding carboxylic acids is 1. The molecular formula is C15H22N2O3S. The zero-order chi connectivity index (χ0) is 15.5. The lowest BCUT2D eigenvalue weighted by Gasteiger charge is -2.19. The maximum atomic E-state index is 11.9. The van der Waals surface area contributed by atoms with Crippen LogP contribution in [0.2, 0.25) is 0 Å². The Morgan fingerprint density at radius 1 is 1.38 bits per heavy atom. The highest BCUT2D eigenvalue weighted by molar-refractivity contribution is 7.91. The van der Waals surface area contributed by atoms with Crippen molar-refractivity contribution in [3.8, 4) is 0 Å². The molecule has 0 aromatic heterocycles. The van der Waals surface area contributed by atoms with Gasteiger partial charge in [0.15, 0.2) is 9.84 Å². The molecule has 1 saturated heterocycles. The predicted octanol–water partition coefficient (Wildman–Crippen LogP) is 0.730. The average molecular weight is 310 g/mol. The second-order valence-electron chi connectivity index (χ2n) is 5.77. The van der Waals surface area contributed by atoms with Gasteiger partial charge in [0.2, 0.25) is 5.91 Å². The molecule has 1 aliphatic heterocycles. The molecule has 0 radical (unpaired) electrons. The molecule has 1 aromatic rings. The van der Waals surface area contributed by atoms with E-state index in [1.165, 1.54) is 11.1 Å². The minimum atomic E-state index is -2.95. The number of benzene rings is 1. The van der Waals surface area contributed by atoms with Crippen molar-refractivity contribution in [3.05, 3.63) is 35.4 Å². The fraction of sp³-hybridized carbons (Fsp3) is 0.533. The monoisotopic (exact) mass is 310 g/mol. The molecule has 1 heterocycles. The minimum absolute atomic E-state index is 0.0697. The van der Waals surface area contributed by atoms with E-state index in [4.69, 9.17) is 0 Å². The highest BCUT2D eigenvalue weighted by atomic mass is 32.2. The normalized spacial score (nSPS) is 20.6. The van der Waals surface area contributed by atoms with Crippen LogP contribution in [0.5, 0.6) is 0 Å². The number of rotatable bonds is 5. The summed E-state index contributed by atoms with van der Waals surface area (Å²) < 4.78 is 22.7. The number of likely N-dealkylation sites (N-methyl/N-ethyl adjacent to an activating group) is 1. The zero-order valence-corrected chi connectivity index (χ0v) is 13.3. The number of carbonyl (C=O) groups is 1. The van der Waals surface area contributed by atoms with Gasteiger partial charge in [0.25, 0.3) is 0 Å². The predicted molar refractivity (Wildman–Crippen MR) is 82.7 cm³/mol. The van der Waals surface area contributed by atoms with Crippen LogP contribution in [0.15, 0.2) is 24.3 Å². The van der Waals surface area contributed by atoms with Crippen molar-refractivity contribution >= 4 is 15.7 Å². The second-order valence-corrected chi connectivity index (χ2v) is 7.99. The summed E-state index contributed by atoms with van der Waals surface area (Å²) in [6.07, 6.45) is 0.523. The smallest absolute Gasteiger partial charge is 0.234 e. The average Bonchev–Trinajstić information content (AvgIpc) is 2.71. The third kappa shape index (κ3) is 4.82. The molecule has 0 saturated carbocycles. The Morgan fingerprint density at radius 3 is 2.71 bits per heavy atom. The van der Waals surface area contributed by atoms with Gasteiger partial charge in [0, 0.05) is 12.6 Å². The van der Waals surface area contributed by atoms with Crippen molar-refractivity contribution in [2.75, 3.05) is 25.1 Å². The molecule has 1 unspecified atom stereocenters. The third-order valence-electron chi connectivity index (χ3n) is 3.71. The Balaban J connectivity index is 1.81. The number of aryl methyl sites for hydroxylation is 1. The fourth-order valence-electron chi connectivity index (χ4n) is 2.56. The molecule has 1 fully saturated rings. The van der Waals surface area contributed by atoms with Gasteiger partial charge in [-0.3, -0.25) is 9.69 Å². The number of sulfone groups is 1. The van der Waals surface area contributed by atoms with Crippen molar-refractivity contribution in [2.24, 2.45) is 0 Å². The molecular weight excluding hydrogens is 288 g/mol. The van der Waals surface area contributed by atoms with Gasteiger partial charge in [-0.25, -0.2) is 8.42 Å². The van der Waals surface area contributed by atoms with Crippen molar-refractivity contribution in [1.82, 2.24) is 10.2 Å². The summed E-state index contributed by atoms with van der Waals surface area (Å²) in [5.74, 6) is 0.130. The zero-order valence-electron chi connectivity index (χ0n) is 12.5. The van der Waals surface area contributed by atoms with Crippen LogP contribution in [0.3, 0.4) is 0 Å². The van der Waals surface area contributed by atoms with Gasteiger partial charge in [-0.2, -0.15) is 0 Å². The molecule has 1 atom stereocenters. The quantitative estimate of drug-likeness (QED) is 0.871. The van der Waals surface area contributed by atoms with Gasteiger partial charge < -0.3 is 5.32 Å². The maximum Gasteiger partial charge on any atom is 0.234 e. The second kappa shape index (κ2) is 6.58. The van der Waals surface area contributed by atoms with E-state index in [9.17, 15) is 13.2 Å². The standard InChI is InChI=1S/C15H22N2O3S/c1-12-5-3-4-6-13(12)9-17(2)10-15(18)16-14-7-8-21(19,20)11-14/h3-6,14H,7-11H2,1-2H3,(H,16,18). The van der Waals surface area contributed by atoms with Crippen molar-refractivity contribution in [2.45, 2.75) is 25.9 Å². The first-order valence-corrected chi connectivity index (χ1v) is 8.91. The summed E-state index contributed by atoms with van der Waals surface area (Å²) in [5, 5.41) is 2.81. The number of nitrogens with zero attached hydrogens (tertiary/aromatic N) is 1. The minimum Gasteiger partial charge on any atom is -0.351 e. The highest BCUT2D eigenvalue weighted by Crippen LogP contribution is 2.12. The topological polar surface area (TPSA) is 66.5 Å². The summed E-state index contributed by atoms with van der Waals surface area (Å²) in [5.41, 5.74) is 2.39. The molecule has 1 N–H and O–H groups in total. The SMILES string of the molecule is Cc1ccccc1CN(C)CC(=O)NC1CCS(=O)(=O)C1. The molecule has 1 aromatic carbocycles. The van der Waals surface area contributed by atoms with Gasteiger partial charge in [-0.1, -0.05) is 24.3 Å². The van der Waals surface area contributed by atoms with E-state index in [1.54, 1.807) is 0 Å². The Hall–Kier alpha value is -1.40. The molecule has 5 nitrogen and oxygen atoms in total. The molecule has 6 heteroatoms. The van der Waals surface area contributed by atoms with Crippen LogP contribution in [0.25, 0.3) is 0 Å². The van der Waals surface area contributed by atoms with E-state index in [2.05, 4.69) is 5.32 Å². The summed E-state index contributed by atoms with van der Waals surface area (Å²) >= 11 is 0. The highest BCUT2D eigenvalue weighted by Gasteiger charge is 2.28. The van der Waals surface area contributed by atoms with Crippen molar-refractivity contribution < 1.29 is 13.2 Å². The molecule has 116 valence electrons. The fourth-order valence-corrected chi connectivity index (χ4v) is 4.23. The van der Waals surface area contributed by atoms with Crippen LogP contribution in [0.4, 0.5) is 0 Å². The largest absolute Gasteiger partial charge is 0.351 e. The molecule has 0 spiro atoms. The Bertz CT molecular complexity index is 613. The summed E-state index contributed by atoms with van der Waals surface area (Å²) in [6, 6.07) is 7.85.